The van der Waals surface area contributed by atoms with E-state index >= 15 is 0 Å². The molecule has 0 aliphatic heterocycles. The maximum atomic E-state index is 12.1. The number of nitrogens with zero attached hydrogens (tertiary/aromatic N) is 1. The van der Waals surface area contributed by atoms with Gasteiger partial charge in [0.2, 0.25) is 0 Å². The molecule has 0 aliphatic carbocycles. The van der Waals surface area contributed by atoms with Gasteiger partial charge in [0.15, 0.2) is 0 Å². The molecule has 2 unspecified atom stereocenters. The van der Waals surface area contributed by atoms with Crippen LogP contribution in [0, 0.1) is 0 Å². The van der Waals surface area contributed by atoms with Crippen LogP contribution in [-0.2, 0) is 23.7 Å². The predicted octanol–water partition coefficient (Wildman–Crippen LogP) is 5.82. The molecule has 2 N–H and O–H groups in total. The monoisotopic (exact) mass is 573 g/mol. The van der Waals surface area contributed by atoms with E-state index in [1.807, 2.05) is 0 Å². The summed E-state index contributed by atoms with van der Waals surface area (Å²) in [6.07, 6.45) is 19.0. The molecular formula is C30H59N3O7. The molecule has 0 aliphatic rings. The lowest BCUT2D eigenvalue weighted by Crippen LogP contribution is -2.48. The Balaban J connectivity index is 3.71. The Bertz CT molecular complexity index is 634. The second kappa shape index (κ2) is 27.1. The summed E-state index contributed by atoms with van der Waals surface area (Å²) in [6, 6.07) is -0.861. The Kier molecular flexibility index (Phi) is 25.7. The number of methoxy groups -OCH3 is 2. The summed E-state index contributed by atoms with van der Waals surface area (Å²) >= 11 is 0. The van der Waals surface area contributed by atoms with Gasteiger partial charge < -0.3 is 34.5 Å². The van der Waals surface area contributed by atoms with Gasteiger partial charge in [-0.15, -0.1) is 0 Å². The van der Waals surface area contributed by atoms with Crippen molar-refractivity contribution in [2.45, 2.75) is 122 Å². The van der Waals surface area contributed by atoms with Crippen LogP contribution in [0.2, 0.25) is 0 Å². The normalized spacial score (nSPS) is 12.6. The zero-order valence-corrected chi connectivity index (χ0v) is 26.1. The van der Waals surface area contributed by atoms with E-state index < -0.39 is 30.3 Å². The van der Waals surface area contributed by atoms with Gasteiger partial charge in [-0.3, -0.25) is 0 Å². The van der Waals surface area contributed by atoms with Crippen molar-refractivity contribution in [3.8, 4) is 0 Å². The maximum Gasteiger partial charge on any atom is 0.407 e. The van der Waals surface area contributed by atoms with E-state index in [0.717, 1.165) is 12.8 Å². The summed E-state index contributed by atoms with van der Waals surface area (Å²) in [5.41, 5.74) is 0. The lowest BCUT2D eigenvalue weighted by Gasteiger charge is -2.21. The van der Waals surface area contributed by atoms with Crippen LogP contribution in [-0.4, -0.2) is 89.8 Å². The Morgan fingerprint density at radius 2 is 1.12 bits per heavy atom. The van der Waals surface area contributed by atoms with Crippen molar-refractivity contribution in [1.29, 1.82) is 0 Å². The molecule has 10 heteroatoms. The van der Waals surface area contributed by atoms with E-state index in [1.165, 1.54) is 104 Å². The predicted molar refractivity (Wildman–Crippen MR) is 159 cm³/mol. The van der Waals surface area contributed by atoms with Gasteiger partial charge >= 0.3 is 18.2 Å². The third-order valence-electron chi connectivity index (χ3n) is 6.76. The highest BCUT2D eigenvalue weighted by molar-refractivity contribution is 5.81. The molecule has 0 spiro atoms. The fourth-order valence-corrected chi connectivity index (χ4v) is 4.31. The molecule has 0 aromatic carbocycles. The van der Waals surface area contributed by atoms with Gasteiger partial charge in [-0.05, 0) is 20.5 Å². The minimum Gasteiger partial charge on any atom is -0.467 e. The zero-order chi connectivity index (χ0) is 29.8. The number of hydrogen-bond donors (Lipinski definition) is 2. The zero-order valence-electron chi connectivity index (χ0n) is 26.1. The molecule has 0 saturated carbocycles. The molecule has 40 heavy (non-hydrogen) atoms. The largest absolute Gasteiger partial charge is 0.467 e. The van der Waals surface area contributed by atoms with Gasteiger partial charge in [-0.25, -0.2) is 14.4 Å². The number of unbranched alkanes of at least 4 members (excludes halogenated alkanes) is 15. The first-order valence-corrected chi connectivity index (χ1v) is 15.4. The number of likely N-dealkylation sites (N-methyl/N-ethyl adjacent to an activating group) is 1. The molecule has 236 valence electrons. The second-order valence-electron chi connectivity index (χ2n) is 10.8. The number of carbonyl (C=O) groups excluding carboxylic acids is 3. The van der Waals surface area contributed by atoms with Crippen molar-refractivity contribution in [2.24, 2.45) is 0 Å². The van der Waals surface area contributed by atoms with Gasteiger partial charge in [0, 0.05) is 20.2 Å². The highest BCUT2D eigenvalue weighted by Crippen LogP contribution is 2.13. The molecule has 0 aromatic heterocycles. The molecule has 0 rings (SSSR count). The SMILES string of the molecule is CCCCCCCCCCCCCCCCCCNC(=O)OCC(COC(=O)NC(CN(C)C)C(=O)OC)OC. The summed E-state index contributed by atoms with van der Waals surface area (Å²) in [4.78, 5) is 37.6. The first-order valence-electron chi connectivity index (χ1n) is 15.4. The Labute approximate surface area is 243 Å². The van der Waals surface area contributed by atoms with Crippen LogP contribution in [0.5, 0.6) is 0 Å². The number of ether oxygens (including phenoxy) is 4. The summed E-state index contributed by atoms with van der Waals surface area (Å²) in [7, 11) is 6.23. The number of carbonyl (C=O) groups is 3. The molecule has 2 atom stereocenters. The molecule has 0 radical (unpaired) electrons. The van der Waals surface area contributed by atoms with Crippen LogP contribution in [0.4, 0.5) is 9.59 Å². The number of rotatable bonds is 26. The van der Waals surface area contributed by atoms with E-state index in [1.54, 1.807) is 19.0 Å². The molecular weight excluding hydrogens is 514 g/mol. The van der Waals surface area contributed by atoms with Gasteiger partial charge in [0.1, 0.15) is 25.4 Å². The van der Waals surface area contributed by atoms with Crippen molar-refractivity contribution in [1.82, 2.24) is 15.5 Å². The molecule has 10 nitrogen and oxygen atoms in total. The van der Waals surface area contributed by atoms with Crippen LogP contribution in [0.1, 0.15) is 110 Å². The third-order valence-corrected chi connectivity index (χ3v) is 6.76. The molecule has 2 amide bonds. The number of alkyl carbamates (subject to hydrolysis) is 2. The quantitative estimate of drug-likeness (QED) is 0.0756. The smallest absolute Gasteiger partial charge is 0.407 e. The topological polar surface area (TPSA) is 115 Å². The van der Waals surface area contributed by atoms with Crippen LogP contribution in [0.15, 0.2) is 0 Å². The van der Waals surface area contributed by atoms with E-state index in [2.05, 4.69) is 17.6 Å². The lowest BCUT2D eigenvalue weighted by atomic mass is 10.0. The van der Waals surface area contributed by atoms with Crippen LogP contribution in [0.25, 0.3) is 0 Å². The van der Waals surface area contributed by atoms with Crippen LogP contribution >= 0.6 is 0 Å². The van der Waals surface area contributed by atoms with Crippen molar-refractivity contribution >= 4 is 18.2 Å². The Hall–Kier alpha value is -2.07. The van der Waals surface area contributed by atoms with Crippen molar-refractivity contribution < 1.29 is 33.3 Å². The van der Waals surface area contributed by atoms with Crippen LogP contribution in [0.3, 0.4) is 0 Å². The molecule has 0 fully saturated rings. The maximum absolute atomic E-state index is 12.1. The standard InChI is InChI=1S/C30H59N3O7/c1-6-7-8-9-10-11-12-13-14-15-16-17-18-19-20-21-22-31-29(35)39-24-26(37-4)25-40-30(36)32-27(23-33(2)3)28(34)38-5/h26-27H,6-25H2,1-5H3,(H,31,35)(H,32,36). The first kappa shape index (κ1) is 37.9. The number of esters is 1. The molecule has 0 bridgehead atoms. The van der Waals surface area contributed by atoms with Gasteiger partial charge in [0.05, 0.1) is 7.11 Å². The summed E-state index contributed by atoms with van der Waals surface area (Å²) in [5, 5.41) is 5.21. The number of amides is 2. The fraction of sp³-hybridized carbons (Fsp3) is 0.900. The summed E-state index contributed by atoms with van der Waals surface area (Å²) < 4.78 is 20.2. The van der Waals surface area contributed by atoms with E-state index in [0.29, 0.717) is 6.54 Å². The van der Waals surface area contributed by atoms with E-state index in [4.69, 9.17) is 18.9 Å². The number of hydrogen-bond acceptors (Lipinski definition) is 8. The molecule has 0 heterocycles. The van der Waals surface area contributed by atoms with Gasteiger partial charge in [0.25, 0.3) is 0 Å². The Morgan fingerprint density at radius 3 is 1.55 bits per heavy atom. The summed E-state index contributed by atoms with van der Waals surface area (Å²) in [6.45, 7) is 2.89. The van der Waals surface area contributed by atoms with Gasteiger partial charge in [-0.2, -0.15) is 0 Å². The minimum atomic E-state index is -0.861. The minimum absolute atomic E-state index is 0.0628. The molecule has 0 saturated heterocycles. The van der Waals surface area contributed by atoms with Crippen LogP contribution < -0.4 is 10.6 Å². The molecule has 0 aromatic rings. The highest BCUT2D eigenvalue weighted by atomic mass is 16.6. The average molecular weight is 574 g/mol. The Morgan fingerprint density at radius 1 is 0.675 bits per heavy atom. The van der Waals surface area contributed by atoms with Gasteiger partial charge in [-0.1, -0.05) is 103 Å². The van der Waals surface area contributed by atoms with Crippen molar-refractivity contribution in [3.63, 3.8) is 0 Å². The lowest BCUT2D eigenvalue weighted by molar-refractivity contribution is -0.143. The van der Waals surface area contributed by atoms with Crippen molar-refractivity contribution in [3.05, 3.63) is 0 Å². The van der Waals surface area contributed by atoms with E-state index in [9.17, 15) is 14.4 Å². The van der Waals surface area contributed by atoms with Crippen molar-refractivity contribution in [2.75, 3.05) is 54.6 Å². The highest BCUT2D eigenvalue weighted by Gasteiger charge is 2.23. The fourth-order valence-electron chi connectivity index (χ4n) is 4.31. The number of nitrogens with one attached hydrogen (secondary N) is 2. The first-order chi connectivity index (χ1) is 19.3. The van der Waals surface area contributed by atoms with E-state index in [-0.39, 0.29) is 19.8 Å². The average Bonchev–Trinajstić information content (AvgIpc) is 2.93. The summed E-state index contributed by atoms with van der Waals surface area (Å²) in [5.74, 6) is -0.571. The third kappa shape index (κ3) is 23.8. The second-order valence-corrected chi connectivity index (χ2v) is 10.8.